The van der Waals surface area contributed by atoms with Crippen molar-refractivity contribution in [2.24, 2.45) is 0 Å². The number of fused-ring (bicyclic) bond motifs is 1. The second kappa shape index (κ2) is 7.35. The summed E-state index contributed by atoms with van der Waals surface area (Å²) in [4.78, 5) is 24.7. The SMILES string of the molecule is CCNC(=O)COC(=O)c1ccc(-c2ccc3c(c2)OCCO3)s1. The van der Waals surface area contributed by atoms with Crippen LogP contribution in [0.1, 0.15) is 16.6 Å². The van der Waals surface area contributed by atoms with Gasteiger partial charge in [-0.05, 0) is 42.8 Å². The molecular formula is C17H17NO5S. The molecule has 0 fully saturated rings. The minimum atomic E-state index is -0.505. The molecule has 2 aromatic rings. The highest BCUT2D eigenvalue weighted by Crippen LogP contribution is 2.36. The first kappa shape index (κ1) is 16.3. The minimum absolute atomic E-state index is 0.274. The molecule has 0 atom stereocenters. The van der Waals surface area contributed by atoms with E-state index in [1.165, 1.54) is 11.3 Å². The number of esters is 1. The van der Waals surface area contributed by atoms with Gasteiger partial charge in [0, 0.05) is 11.4 Å². The van der Waals surface area contributed by atoms with Gasteiger partial charge in [-0.25, -0.2) is 4.79 Å². The molecule has 126 valence electrons. The van der Waals surface area contributed by atoms with Gasteiger partial charge in [0.25, 0.3) is 5.91 Å². The lowest BCUT2D eigenvalue weighted by molar-refractivity contribution is -0.124. The third-order valence-corrected chi connectivity index (χ3v) is 4.46. The normalized spacial score (nSPS) is 12.5. The number of likely N-dealkylation sites (N-methyl/N-ethyl adjacent to an activating group) is 1. The van der Waals surface area contributed by atoms with E-state index in [0.29, 0.717) is 30.4 Å². The fourth-order valence-electron chi connectivity index (χ4n) is 2.25. The van der Waals surface area contributed by atoms with E-state index in [1.54, 1.807) is 13.0 Å². The van der Waals surface area contributed by atoms with E-state index in [0.717, 1.165) is 16.2 Å². The fourth-order valence-corrected chi connectivity index (χ4v) is 3.15. The van der Waals surface area contributed by atoms with Crippen molar-refractivity contribution in [2.45, 2.75) is 6.92 Å². The number of benzene rings is 1. The molecule has 1 N–H and O–H groups in total. The van der Waals surface area contributed by atoms with Gasteiger partial charge in [0.05, 0.1) is 0 Å². The van der Waals surface area contributed by atoms with Gasteiger partial charge in [0.2, 0.25) is 0 Å². The van der Waals surface area contributed by atoms with Gasteiger partial charge < -0.3 is 19.5 Å². The molecule has 0 unspecified atom stereocenters. The van der Waals surface area contributed by atoms with Gasteiger partial charge in [0.15, 0.2) is 18.1 Å². The highest BCUT2D eigenvalue weighted by atomic mass is 32.1. The number of hydrogen-bond acceptors (Lipinski definition) is 6. The summed E-state index contributed by atoms with van der Waals surface area (Å²) in [5.41, 5.74) is 0.937. The molecule has 0 aliphatic carbocycles. The Morgan fingerprint density at radius 1 is 1.17 bits per heavy atom. The van der Waals surface area contributed by atoms with Crippen LogP contribution in [0, 0.1) is 0 Å². The van der Waals surface area contributed by atoms with E-state index in [9.17, 15) is 9.59 Å². The van der Waals surface area contributed by atoms with Crippen LogP contribution >= 0.6 is 11.3 Å². The number of nitrogens with one attached hydrogen (secondary N) is 1. The zero-order valence-electron chi connectivity index (χ0n) is 13.2. The third-order valence-electron chi connectivity index (χ3n) is 3.34. The fraction of sp³-hybridized carbons (Fsp3) is 0.294. The molecule has 2 heterocycles. The maximum absolute atomic E-state index is 12.0. The standard InChI is InChI=1S/C17H17NO5S/c1-2-18-16(19)10-23-17(20)15-6-5-14(24-15)11-3-4-12-13(9-11)22-8-7-21-12/h3-6,9H,2,7-8,10H2,1H3,(H,18,19). The lowest BCUT2D eigenvalue weighted by Crippen LogP contribution is -2.28. The van der Waals surface area contributed by atoms with Crippen LogP contribution in [0.3, 0.4) is 0 Å². The molecule has 1 amide bonds. The summed E-state index contributed by atoms with van der Waals surface area (Å²) in [5.74, 6) is 0.611. The van der Waals surface area contributed by atoms with Crippen LogP contribution in [-0.2, 0) is 9.53 Å². The lowest BCUT2D eigenvalue weighted by atomic mass is 10.1. The molecule has 6 nitrogen and oxygen atoms in total. The van der Waals surface area contributed by atoms with Gasteiger partial charge in [-0.1, -0.05) is 0 Å². The van der Waals surface area contributed by atoms with Crippen molar-refractivity contribution in [3.05, 3.63) is 35.2 Å². The summed E-state index contributed by atoms with van der Waals surface area (Å²) in [6, 6.07) is 9.21. The number of amides is 1. The van der Waals surface area contributed by atoms with E-state index in [1.807, 2.05) is 24.3 Å². The van der Waals surface area contributed by atoms with E-state index < -0.39 is 5.97 Å². The van der Waals surface area contributed by atoms with E-state index in [-0.39, 0.29) is 12.5 Å². The molecule has 7 heteroatoms. The number of thiophene rings is 1. The maximum atomic E-state index is 12.0. The first-order valence-electron chi connectivity index (χ1n) is 7.61. The Morgan fingerprint density at radius 3 is 2.75 bits per heavy atom. The largest absolute Gasteiger partial charge is 0.486 e. The summed E-state index contributed by atoms with van der Waals surface area (Å²) in [6.45, 7) is 3.11. The number of rotatable bonds is 5. The lowest BCUT2D eigenvalue weighted by Gasteiger charge is -2.18. The topological polar surface area (TPSA) is 73.9 Å². The van der Waals surface area contributed by atoms with Gasteiger partial charge in [0.1, 0.15) is 18.1 Å². The Balaban J connectivity index is 1.69. The molecular weight excluding hydrogens is 330 g/mol. The molecule has 3 rings (SSSR count). The number of ether oxygens (including phenoxy) is 3. The Labute approximate surface area is 143 Å². The smallest absolute Gasteiger partial charge is 0.348 e. The van der Waals surface area contributed by atoms with Crippen molar-refractivity contribution in [3.8, 4) is 21.9 Å². The Hall–Kier alpha value is -2.54. The molecule has 0 radical (unpaired) electrons. The molecule has 1 aliphatic heterocycles. The molecule has 1 aromatic carbocycles. The van der Waals surface area contributed by atoms with Crippen molar-refractivity contribution in [3.63, 3.8) is 0 Å². The number of carbonyl (C=O) groups excluding carboxylic acids is 2. The highest BCUT2D eigenvalue weighted by molar-refractivity contribution is 7.17. The van der Waals surface area contributed by atoms with Crippen molar-refractivity contribution in [2.75, 3.05) is 26.4 Å². The first-order valence-corrected chi connectivity index (χ1v) is 8.42. The van der Waals surface area contributed by atoms with Gasteiger partial charge in [-0.3, -0.25) is 4.79 Å². The monoisotopic (exact) mass is 347 g/mol. The average molecular weight is 347 g/mol. The Morgan fingerprint density at radius 2 is 1.96 bits per heavy atom. The summed E-state index contributed by atoms with van der Waals surface area (Å²) >= 11 is 1.31. The minimum Gasteiger partial charge on any atom is -0.486 e. The molecule has 0 saturated heterocycles. The van der Waals surface area contributed by atoms with E-state index in [4.69, 9.17) is 14.2 Å². The van der Waals surface area contributed by atoms with Gasteiger partial charge in [-0.15, -0.1) is 11.3 Å². The van der Waals surface area contributed by atoms with Crippen molar-refractivity contribution in [1.82, 2.24) is 5.32 Å². The van der Waals surface area contributed by atoms with Gasteiger partial charge in [-0.2, -0.15) is 0 Å². The quantitative estimate of drug-likeness (QED) is 0.841. The Bertz CT molecular complexity index is 755. The van der Waals surface area contributed by atoms with Crippen LogP contribution in [0.4, 0.5) is 0 Å². The van der Waals surface area contributed by atoms with Crippen LogP contribution in [0.2, 0.25) is 0 Å². The average Bonchev–Trinajstić information content (AvgIpc) is 3.10. The van der Waals surface area contributed by atoms with Crippen molar-refractivity contribution in [1.29, 1.82) is 0 Å². The first-order chi connectivity index (χ1) is 11.7. The number of hydrogen-bond donors (Lipinski definition) is 1. The molecule has 0 saturated carbocycles. The molecule has 0 bridgehead atoms. The van der Waals surface area contributed by atoms with E-state index >= 15 is 0 Å². The van der Waals surface area contributed by atoms with Gasteiger partial charge >= 0.3 is 5.97 Å². The summed E-state index contributed by atoms with van der Waals surface area (Å²) in [6.07, 6.45) is 0. The predicted molar refractivity (Wildman–Crippen MR) is 89.7 cm³/mol. The summed E-state index contributed by atoms with van der Waals surface area (Å²) in [5, 5.41) is 2.57. The van der Waals surface area contributed by atoms with E-state index in [2.05, 4.69) is 5.32 Å². The highest BCUT2D eigenvalue weighted by Gasteiger charge is 2.16. The van der Waals surface area contributed by atoms with Crippen molar-refractivity contribution < 1.29 is 23.8 Å². The van der Waals surface area contributed by atoms with Crippen LogP contribution < -0.4 is 14.8 Å². The van der Waals surface area contributed by atoms with Crippen LogP contribution in [0.5, 0.6) is 11.5 Å². The summed E-state index contributed by atoms with van der Waals surface area (Å²) in [7, 11) is 0. The van der Waals surface area contributed by atoms with Crippen LogP contribution in [0.15, 0.2) is 30.3 Å². The zero-order valence-corrected chi connectivity index (χ0v) is 14.0. The maximum Gasteiger partial charge on any atom is 0.348 e. The Kier molecular flexibility index (Phi) is 5.00. The molecule has 0 spiro atoms. The molecule has 24 heavy (non-hydrogen) atoms. The second-order valence-corrected chi connectivity index (χ2v) is 6.14. The predicted octanol–water partition coefficient (Wildman–Crippen LogP) is 2.48. The summed E-state index contributed by atoms with van der Waals surface area (Å²) < 4.78 is 16.1. The molecule has 1 aliphatic rings. The zero-order chi connectivity index (χ0) is 16.9. The molecule has 1 aromatic heterocycles. The second-order valence-electron chi connectivity index (χ2n) is 5.05. The van der Waals surface area contributed by atoms with Crippen molar-refractivity contribution >= 4 is 23.2 Å². The number of carbonyl (C=O) groups is 2. The third kappa shape index (κ3) is 3.68. The van der Waals surface area contributed by atoms with Crippen LogP contribution in [0.25, 0.3) is 10.4 Å². The van der Waals surface area contributed by atoms with Crippen LogP contribution in [-0.4, -0.2) is 38.2 Å².